The summed E-state index contributed by atoms with van der Waals surface area (Å²) in [6, 6.07) is 10.2. The lowest BCUT2D eigenvalue weighted by Gasteiger charge is -2.32. The molecule has 1 aromatic carbocycles. The zero-order valence-electron chi connectivity index (χ0n) is 14.7. The molecule has 0 saturated carbocycles. The highest BCUT2D eigenvalue weighted by Crippen LogP contribution is 2.22. The van der Waals surface area contributed by atoms with E-state index in [0.717, 1.165) is 45.3 Å². The van der Waals surface area contributed by atoms with Crippen molar-refractivity contribution in [2.75, 3.05) is 19.6 Å². The van der Waals surface area contributed by atoms with Gasteiger partial charge in [0.15, 0.2) is 0 Å². The molecule has 1 aliphatic rings. The third-order valence-corrected chi connectivity index (χ3v) is 4.80. The zero-order chi connectivity index (χ0) is 17.9. The normalized spacial score (nSPS) is 15.2. The Kier molecular flexibility index (Phi) is 8.42. The van der Waals surface area contributed by atoms with Gasteiger partial charge in [-0.2, -0.15) is 0 Å². The number of rotatable bonds is 9. The van der Waals surface area contributed by atoms with Crippen LogP contribution in [0.4, 0.5) is 0 Å². The molecule has 0 spiro atoms. The predicted molar refractivity (Wildman–Crippen MR) is 95.8 cm³/mol. The molecule has 25 heavy (non-hydrogen) atoms. The number of piperidine rings is 1. The Morgan fingerprint density at radius 1 is 1.12 bits per heavy atom. The van der Waals surface area contributed by atoms with Crippen molar-refractivity contribution in [3.8, 4) is 0 Å². The molecule has 1 saturated heterocycles. The second-order valence-corrected chi connectivity index (χ2v) is 6.66. The molecule has 3 N–H and O–H groups in total. The van der Waals surface area contributed by atoms with Gasteiger partial charge in [-0.3, -0.25) is 14.8 Å². The molecule has 0 bridgehead atoms. The summed E-state index contributed by atoms with van der Waals surface area (Å²) < 4.78 is 0. The van der Waals surface area contributed by atoms with Gasteiger partial charge in [0, 0.05) is 39.0 Å². The molecule has 2 amide bonds. The van der Waals surface area contributed by atoms with E-state index in [2.05, 4.69) is 17.4 Å². The SMILES string of the molecule is O=C(CCCC1CCN(C(=O)CCNCc2ccccc2)CC1)NO. The molecule has 1 fully saturated rings. The number of amides is 2. The summed E-state index contributed by atoms with van der Waals surface area (Å²) >= 11 is 0. The van der Waals surface area contributed by atoms with Crippen molar-refractivity contribution in [1.29, 1.82) is 0 Å². The first-order valence-corrected chi connectivity index (χ1v) is 9.14. The number of hydrogen-bond acceptors (Lipinski definition) is 4. The fourth-order valence-electron chi connectivity index (χ4n) is 3.26. The van der Waals surface area contributed by atoms with Crippen molar-refractivity contribution in [2.45, 2.75) is 45.1 Å². The number of benzene rings is 1. The van der Waals surface area contributed by atoms with Crippen molar-refractivity contribution in [1.82, 2.24) is 15.7 Å². The topological polar surface area (TPSA) is 81.7 Å². The molecule has 1 aromatic rings. The molecular weight excluding hydrogens is 318 g/mol. The molecule has 6 nitrogen and oxygen atoms in total. The molecule has 138 valence electrons. The van der Waals surface area contributed by atoms with Crippen LogP contribution in [0.1, 0.15) is 44.1 Å². The van der Waals surface area contributed by atoms with E-state index in [0.29, 0.717) is 25.3 Å². The van der Waals surface area contributed by atoms with Crippen molar-refractivity contribution in [2.24, 2.45) is 5.92 Å². The highest BCUT2D eigenvalue weighted by molar-refractivity contribution is 5.76. The smallest absolute Gasteiger partial charge is 0.243 e. The van der Waals surface area contributed by atoms with E-state index < -0.39 is 0 Å². The van der Waals surface area contributed by atoms with E-state index in [1.54, 1.807) is 5.48 Å². The minimum absolute atomic E-state index is 0.221. The number of carbonyl (C=O) groups excluding carboxylic acids is 2. The number of nitrogens with zero attached hydrogens (tertiary/aromatic N) is 1. The summed E-state index contributed by atoms with van der Waals surface area (Å²) in [5.41, 5.74) is 2.89. The lowest BCUT2D eigenvalue weighted by atomic mass is 9.91. The van der Waals surface area contributed by atoms with Gasteiger partial charge < -0.3 is 10.2 Å². The fourth-order valence-corrected chi connectivity index (χ4v) is 3.26. The number of carbonyl (C=O) groups is 2. The zero-order valence-corrected chi connectivity index (χ0v) is 14.7. The van der Waals surface area contributed by atoms with Gasteiger partial charge in [-0.15, -0.1) is 0 Å². The molecule has 0 unspecified atom stereocenters. The lowest BCUT2D eigenvalue weighted by Crippen LogP contribution is -2.39. The van der Waals surface area contributed by atoms with Crippen LogP contribution in [-0.2, 0) is 16.1 Å². The number of hydroxylamine groups is 1. The molecule has 1 heterocycles. The summed E-state index contributed by atoms with van der Waals surface area (Å²) in [6.45, 7) is 3.12. The van der Waals surface area contributed by atoms with Crippen LogP contribution in [0, 0.1) is 5.92 Å². The van der Waals surface area contributed by atoms with Crippen LogP contribution in [0.2, 0.25) is 0 Å². The Balaban J connectivity index is 1.55. The Morgan fingerprint density at radius 2 is 1.84 bits per heavy atom. The van der Waals surface area contributed by atoms with E-state index in [-0.39, 0.29) is 11.8 Å². The van der Waals surface area contributed by atoms with Gasteiger partial charge in [-0.1, -0.05) is 30.3 Å². The van der Waals surface area contributed by atoms with Crippen LogP contribution in [0.3, 0.4) is 0 Å². The summed E-state index contributed by atoms with van der Waals surface area (Å²) in [5, 5.41) is 11.8. The Bertz CT molecular complexity index is 528. The van der Waals surface area contributed by atoms with Crippen LogP contribution < -0.4 is 10.8 Å². The summed E-state index contributed by atoms with van der Waals surface area (Å²) in [4.78, 5) is 25.2. The monoisotopic (exact) mass is 347 g/mol. The molecule has 0 radical (unpaired) electrons. The minimum Gasteiger partial charge on any atom is -0.343 e. The summed E-state index contributed by atoms with van der Waals surface area (Å²) in [5.74, 6) is 0.473. The first kappa shape index (κ1) is 19.4. The largest absolute Gasteiger partial charge is 0.343 e. The van der Waals surface area contributed by atoms with Gasteiger partial charge in [0.05, 0.1) is 0 Å². The Morgan fingerprint density at radius 3 is 2.52 bits per heavy atom. The van der Waals surface area contributed by atoms with Crippen LogP contribution in [-0.4, -0.2) is 41.6 Å². The molecule has 2 rings (SSSR count). The van der Waals surface area contributed by atoms with Crippen molar-refractivity contribution >= 4 is 11.8 Å². The molecule has 0 aliphatic carbocycles. The maximum atomic E-state index is 12.3. The first-order valence-electron chi connectivity index (χ1n) is 9.14. The van der Waals surface area contributed by atoms with Crippen LogP contribution in [0.5, 0.6) is 0 Å². The maximum Gasteiger partial charge on any atom is 0.243 e. The molecule has 6 heteroatoms. The Hall–Kier alpha value is -1.92. The van der Waals surface area contributed by atoms with Crippen LogP contribution in [0.15, 0.2) is 30.3 Å². The van der Waals surface area contributed by atoms with Gasteiger partial charge in [0.1, 0.15) is 0 Å². The quantitative estimate of drug-likeness (QED) is 0.363. The average molecular weight is 347 g/mol. The minimum atomic E-state index is -0.324. The van der Waals surface area contributed by atoms with E-state index in [9.17, 15) is 9.59 Å². The van der Waals surface area contributed by atoms with Gasteiger partial charge in [-0.05, 0) is 37.2 Å². The fraction of sp³-hybridized carbons (Fsp3) is 0.579. The van der Waals surface area contributed by atoms with Gasteiger partial charge >= 0.3 is 0 Å². The lowest BCUT2D eigenvalue weighted by molar-refractivity contribution is -0.132. The number of likely N-dealkylation sites (tertiary alicyclic amines) is 1. The highest BCUT2D eigenvalue weighted by Gasteiger charge is 2.22. The highest BCUT2D eigenvalue weighted by atomic mass is 16.5. The van der Waals surface area contributed by atoms with Crippen molar-refractivity contribution in [3.05, 3.63) is 35.9 Å². The van der Waals surface area contributed by atoms with Crippen molar-refractivity contribution < 1.29 is 14.8 Å². The number of hydrogen-bond donors (Lipinski definition) is 3. The standard InChI is InChI=1S/C19H29N3O3/c23-18(21-25)8-4-7-16-10-13-22(14-11-16)19(24)9-12-20-15-17-5-2-1-3-6-17/h1-3,5-6,16,20,25H,4,7-15H2,(H,21,23). The van der Waals surface area contributed by atoms with Gasteiger partial charge in [0.25, 0.3) is 0 Å². The van der Waals surface area contributed by atoms with E-state index in [1.807, 2.05) is 23.1 Å². The Labute approximate surface area is 149 Å². The average Bonchev–Trinajstić information content (AvgIpc) is 2.66. The third kappa shape index (κ3) is 7.23. The van der Waals surface area contributed by atoms with Crippen LogP contribution in [0.25, 0.3) is 0 Å². The van der Waals surface area contributed by atoms with Crippen LogP contribution >= 0.6 is 0 Å². The first-order chi connectivity index (χ1) is 12.2. The van der Waals surface area contributed by atoms with Gasteiger partial charge in [0.2, 0.25) is 11.8 Å². The second-order valence-electron chi connectivity index (χ2n) is 6.66. The van der Waals surface area contributed by atoms with Gasteiger partial charge in [-0.25, -0.2) is 5.48 Å². The molecule has 0 aromatic heterocycles. The number of nitrogens with one attached hydrogen (secondary N) is 2. The molecule has 1 aliphatic heterocycles. The van der Waals surface area contributed by atoms with E-state index in [1.165, 1.54) is 5.56 Å². The summed E-state index contributed by atoms with van der Waals surface area (Å²) in [6.07, 6.45) is 4.67. The van der Waals surface area contributed by atoms with Crippen molar-refractivity contribution in [3.63, 3.8) is 0 Å². The third-order valence-electron chi connectivity index (χ3n) is 4.80. The second kappa shape index (κ2) is 10.8. The molecule has 0 atom stereocenters. The van der Waals surface area contributed by atoms with E-state index >= 15 is 0 Å². The predicted octanol–water partition coefficient (Wildman–Crippen LogP) is 2.08. The molecular formula is C19H29N3O3. The maximum absolute atomic E-state index is 12.3. The van der Waals surface area contributed by atoms with E-state index in [4.69, 9.17) is 5.21 Å². The summed E-state index contributed by atoms with van der Waals surface area (Å²) in [7, 11) is 0.